The second-order valence-corrected chi connectivity index (χ2v) is 6.75. The van der Waals surface area contributed by atoms with Gasteiger partial charge in [-0.1, -0.05) is 61.7 Å². The van der Waals surface area contributed by atoms with Gasteiger partial charge in [0.1, 0.15) is 5.82 Å². The molecular weight excluding hydrogens is 280 g/mol. The summed E-state index contributed by atoms with van der Waals surface area (Å²) in [6.07, 6.45) is 6.63. The first-order valence-corrected chi connectivity index (χ1v) is 8.86. The van der Waals surface area contributed by atoms with Crippen LogP contribution in [0.2, 0.25) is 0 Å². The molecule has 23 heavy (non-hydrogen) atoms. The first-order chi connectivity index (χ1) is 11.3. The standard InChI is InChI=1S/C21H24N2/c1-16(17-10-4-2-5-11-17)23-20-15-9-8-14-19(20)22-21(23)18-12-6-3-7-13-18/h2,4-5,8-11,14-16,18H,3,6-7,12-13H2,1H3. The third kappa shape index (κ3) is 2.67. The third-order valence-electron chi connectivity index (χ3n) is 5.26. The van der Waals surface area contributed by atoms with Crippen LogP contribution in [0.4, 0.5) is 0 Å². The molecule has 0 radical (unpaired) electrons. The molecule has 1 fully saturated rings. The molecule has 4 rings (SSSR count). The number of fused-ring (bicyclic) bond motifs is 1. The van der Waals surface area contributed by atoms with E-state index in [0.717, 1.165) is 5.52 Å². The Bertz CT molecular complexity index is 782. The molecule has 2 heteroatoms. The maximum atomic E-state index is 5.05. The number of hydrogen-bond donors (Lipinski definition) is 0. The van der Waals surface area contributed by atoms with Crippen molar-refractivity contribution in [2.75, 3.05) is 0 Å². The minimum Gasteiger partial charge on any atom is -0.320 e. The molecule has 2 nitrogen and oxygen atoms in total. The van der Waals surface area contributed by atoms with Crippen LogP contribution in [0.5, 0.6) is 0 Å². The summed E-state index contributed by atoms with van der Waals surface area (Å²) >= 11 is 0. The van der Waals surface area contributed by atoms with Gasteiger partial charge in [0.25, 0.3) is 0 Å². The van der Waals surface area contributed by atoms with Gasteiger partial charge in [0.2, 0.25) is 0 Å². The minimum atomic E-state index is 0.320. The minimum absolute atomic E-state index is 0.320. The number of imidazole rings is 1. The summed E-state index contributed by atoms with van der Waals surface area (Å²) < 4.78 is 2.49. The zero-order chi connectivity index (χ0) is 15.6. The zero-order valence-corrected chi connectivity index (χ0v) is 13.8. The molecule has 2 aromatic carbocycles. The van der Waals surface area contributed by atoms with E-state index in [0.29, 0.717) is 12.0 Å². The average Bonchev–Trinajstić information content (AvgIpc) is 3.02. The normalized spacial score (nSPS) is 17.4. The second kappa shape index (κ2) is 6.19. The van der Waals surface area contributed by atoms with Crippen LogP contribution in [0.3, 0.4) is 0 Å². The Balaban J connectivity index is 1.85. The highest BCUT2D eigenvalue weighted by Gasteiger charge is 2.24. The van der Waals surface area contributed by atoms with Gasteiger partial charge in [0.15, 0.2) is 0 Å². The highest BCUT2D eigenvalue weighted by Crippen LogP contribution is 2.36. The van der Waals surface area contributed by atoms with Crippen LogP contribution in [-0.4, -0.2) is 9.55 Å². The van der Waals surface area contributed by atoms with Crippen molar-refractivity contribution < 1.29 is 0 Å². The predicted octanol–water partition coefficient (Wildman–Crippen LogP) is 5.69. The Hall–Kier alpha value is -2.09. The van der Waals surface area contributed by atoms with Crippen LogP contribution in [0, 0.1) is 0 Å². The molecule has 0 saturated heterocycles. The quantitative estimate of drug-likeness (QED) is 0.607. The fourth-order valence-corrected chi connectivity index (χ4v) is 4.00. The van der Waals surface area contributed by atoms with E-state index in [1.54, 1.807) is 0 Å². The molecule has 1 aliphatic carbocycles. The van der Waals surface area contributed by atoms with Gasteiger partial charge in [-0.3, -0.25) is 0 Å². The molecule has 0 spiro atoms. The van der Waals surface area contributed by atoms with E-state index in [9.17, 15) is 0 Å². The summed E-state index contributed by atoms with van der Waals surface area (Å²) in [6.45, 7) is 2.30. The number of benzene rings is 2. The topological polar surface area (TPSA) is 17.8 Å². The van der Waals surface area contributed by atoms with Crippen molar-refractivity contribution in [3.05, 3.63) is 66.0 Å². The largest absolute Gasteiger partial charge is 0.320 e. The van der Waals surface area contributed by atoms with Crippen molar-refractivity contribution in [2.24, 2.45) is 0 Å². The molecule has 0 amide bonds. The van der Waals surface area contributed by atoms with E-state index in [4.69, 9.17) is 4.98 Å². The molecule has 3 aromatic rings. The van der Waals surface area contributed by atoms with Crippen molar-refractivity contribution in [1.29, 1.82) is 0 Å². The van der Waals surface area contributed by atoms with Crippen molar-refractivity contribution >= 4 is 11.0 Å². The Kier molecular flexibility index (Phi) is 3.90. The molecule has 1 atom stereocenters. The highest BCUT2D eigenvalue weighted by molar-refractivity contribution is 5.76. The van der Waals surface area contributed by atoms with E-state index in [-0.39, 0.29) is 0 Å². The molecule has 0 N–H and O–H groups in total. The van der Waals surface area contributed by atoms with E-state index in [1.807, 2.05) is 0 Å². The second-order valence-electron chi connectivity index (χ2n) is 6.75. The van der Waals surface area contributed by atoms with Crippen molar-refractivity contribution in [1.82, 2.24) is 9.55 Å². The van der Waals surface area contributed by atoms with Crippen molar-refractivity contribution in [2.45, 2.75) is 51.0 Å². The summed E-state index contributed by atoms with van der Waals surface area (Å²) in [4.78, 5) is 5.05. The van der Waals surface area contributed by atoms with Gasteiger partial charge in [-0.05, 0) is 37.5 Å². The molecule has 1 saturated carbocycles. The first-order valence-electron chi connectivity index (χ1n) is 8.86. The molecule has 0 bridgehead atoms. The van der Waals surface area contributed by atoms with Crippen molar-refractivity contribution in [3.63, 3.8) is 0 Å². The monoisotopic (exact) mass is 304 g/mol. The van der Waals surface area contributed by atoms with Crippen LogP contribution in [-0.2, 0) is 0 Å². The lowest BCUT2D eigenvalue weighted by molar-refractivity contribution is 0.412. The summed E-state index contributed by atoms with van der Waals surface area (Å²) in [5.41, 5.74) is 3.76. The third-order valence-corrected chi connectivity index (χ3v) is 5.26. The molecular formula is C21H24N2. The molecule has 118 valence electrons. The SMILES string of the molecule is CC(c1ccccc1)n1c(C2CCCCC2)nc2ccccc21. The molecule has 1 unspecified atom stereocenters. The lowest BCUT2D eigenvalue weighted by Crippen LogP contribution is -2.16. The van der Waals surface area contributed by atoms with Gasteiger partial charge in [-0.25, -0.2) is 4.98 Å². The number of para-hydroxylation sites is 2. The Labute approximate surface area is 138 Å². The molecule has 0 aliphatic heterocycles. The number of hydrogen-bond acceptors (Lipinski definition) is 1. The van der Waals surface area contributed by atoms with E-state index >= 15 is 0 Å². The van der Waals surface area contributed by atoms with Crippen LogP contribution in [0.1, 0.15) is 62.4 Å². The van der Waals surface area contributed by atoms with Crippen LogP contribution < -0.4 is 0 Å². The van der Waals surface area contributed by atoms with Crippen LogP contribution in [0.25, 0.3) is 11.0 Å². The Morgan fingerprint density at radius 1 is 0.913 bits per heavy atom. The lowest BCUT2D eigenvalue weighted by atomic mass is 9.88. The van der Waals surface area contributed by atoms with Gasteiger partial charge in [-0.15, -0.1) is 0 Å². The zero-order valence-electron chi connectivity index (χ0n) is 13.8. The van der Waals surface area contributed by atoms with Gasteiger partial charge >= 0.3 is 0 Å². The summed E-state index contributed by atoms with van der Waals surface area (Å²) in [6, 6.07) is 19.7. The fraction of sp³-hybridized carbons (Fsp3) is 0.381. The maximum Gasteiger partial charge on any atom is 0.113 e. The van der Waals surface area contributed by atoms with E-state index < -0.39 is 0 Å². The van der Waals surface area contributed by atoms with E-state index in [2.05, 4.69) is 66.1 Å². The van der Waals surface area contributed by atoms with Gasteiger partial charge in [0.05, 0.1) is 17.1 Å². The van der Waals surface area contributed by atoms with Crippen LogP contribution in [0.15, 0.2) is 54.6 Å². The Morgan fingerprint density at radius 3 is 2.39 bits per heavy atom. The molecule has 1 heterocycles. The van der Waals surface area contributed by atoms with E-state index in [1.165, 1.54) is 49.0 Å². The smallest absolute Gasteiger partial charge is 0.113 e. The fourth-order valence-electron chi connectivity index (χ4n) is 4.00. The van der Waals surface area contributed by atoms with Gasteiger partial charge in [0, 0.05) is 5.92 Å². The lowest BCUT2D eigenvalue weighted by Gasteiger charge is -2.25. The molecule has 1 aromatic heterocycles. The molecule has 1 aliphatic rings. The summed E-state index contributed by atoms with van der Waals surface area (Å²) in [5.74, 6) is 1.91. The maximum absolute atomic E-state index is 5.05. The Morgan fingerprint density at radius 2 is 1.61 bits per heavy atom. The number of aromatic nitrogens is 2. The summed E-state index contributed by atoms with van der Waals surface area (Å²) in [5, 5.41) is 0. The first kappa shape index (κ1) is 14.5. The predicted molar refractivity (Wildman–Crippen MR) is 95.8 cm³/mol. The number of rotatable bonds is 3. The highest BCUT2D eigenvalue weighted by atomic mass is 15.1. The van der Waals surface area contributed by atoms with Crippen LogP contribution >= 0.6 is 0 Å². The van der Waals surface area contributed by atoms with Gasteiger partial charge in [-0.2, -0.15) is 0 Å². The summed E-state index contributed by atoms with van der Waals surface area (Å²) in [7, 11) is 0. The van der Waals surface area contributed by atoms with Gasteiger partial charge < -0.3 is 4.57 Å². The number of nitrogens with zero attached hydrogens (tertiary/aromatic N) is 2. The average molecular weight is 304 g/mol. The van der Waals surface area contributed by atoms with Crippen molar-refractivity contribution in [3.8, 4) is 0 Å².